The van der Waals surface area contributed by atoms with E-state index in [1.807, 2.05) is 11.8 Å². The van der Waals surface area contributed by atoms with Crippen molar-refractivity contribution in [2.24, 2.45) is 0 Å². The normalized spacial score (nSPS) is 28.0. The third-order valence-electron chi connectivity index (χ3n) is 2.70. The lowest BCUT2D eigenvalue weighted by atomic mass is 10.1. The highest BCUT2D eigenvalue weighted by molar-refractivity contribution is 8.00. The number of rotatable bonds is 1. The first-order chi connectivity index (χ1) is 6.83. The van der Waals surface area contributed by atoms with Crippen molar-refractivity contribution < 1.29 is 4.74 Å². The highest BCUT2D eigenvalue weighted by Gasteiger charge is 2.27. The summed E-state index contributed by atoms with van der Waals surface area (Å²) >= 11 is 1.85. The lowest BCUT2D eigenvalue weighted by molar-refractivity contribution is 0.0538. The van der Waals surface area contributed by atoms with Crippen molar-refractivity contribution in [3.63, 3.8) is 0 Å². The summed E-state index contributed by atoms with van der Waals surface area (Å²) < 4.78 is 5.30. The first-order valence-corrected chi connectivity index (χ1v) is 5.95. The summed E-state index contributed by atoms with van der Waals surface area (Å²) in [5.74, 6) is 0.990. The fourth-order valence-electron chi connectivity index (χ4n) is 1.85. The molecule has 0 aromatic rings. The van der Waals surface area contributed by atoms with Gasteiger partial charge in [-0.3, -0.25) is 0 Å². The molecule has 1 saturated heterocycles. The molecule has 0 radical (unpaired) electrons. The first-order valence-electron chi connectivity index (χ1n) is 4.90. The van der Waals surface area contributed by atoms with Gasteiger partial charge >= 0.3 is 0 Å². The second-order valence-electron chi connectivity index (χ2n) is 3.52. The molecule has 0 aliphatic carbocycles. The number of hydrogen-bond donors (Lipinski definition) is 0. The van der Waals surface area contributed by atoms with E-state index in [0.29, 0.717) is 5.25 Å². The van der Waals surface area contributed by atoms with Crippen molar-refractivity contribution in [1.82, 2.24) is 4.90 Å². The van der Waals surface area contributed by atoms with Gasteiger partial charge in [0.25, 0.3) is 0 Å². The van der Waals surface area contributed by atoms with E-state index in [2.05, 4.69) is 17.9 Å². The Balaban J connectivity index is 2.15. The molecule has 0 amide bonds. The molecule has 14 heavy (non-hydrogen) atoms. The predicted octanol–water partition coefficient (Wildman–Crippen LogP) is 1.23. The van der Waals surface area contributed by atoms with Crippen LogP contribution in [0.4, 0.5) is 0 Å². The minimum absolute atomic E-state index is 0.373. The maximum absolute atomic E-state index is 9.06. The maximum atomic E-state index is 9.06. The van der Waals surface area contributed by atoms with Crippen molar-refractivity contribution in [2.75, 3.05) is 32.1 Å². The Morgan fingerprint density at radius 1 is 1.50 bits per heavy atom. The Kier molecular flexibility index (Phi) is 2.99. The van der Waals surface area contributed by atoms with Gasteiger partial charge in [0.15, 0.2) is 0 Å². The smallest absolute Gasteiger partial charge is 0.0977 e. The third-order valence-corrected chi connectivity index (χ3v) is 3.88. The van der Waals surface area contributed by atoms with Crippen LogP contribution in [0.25, 0.3) is 0 Å². The van der Waals surface area contributed by atoms with Crippen LogP contribution in [0.3, 0.4) is 0 Å². The van der Waals surface area contributed by atoms with Gasteiger partial charge in [0, 0.05) is 29.8 Å². The van der Waals surface area contributed by atoms with Crippen molar-refractivity contribution in [3.05, 3.63) is 11.3 Å². The second-order valence-corrected chi connectivity index (χ2v) is 4.85. The molecule has 76 valence electrons. The summed E-state index contributed by atoms with van der Waals surface area (Å²) in [6.45, 7) is 5.57. The molecular formula is C10H14N2OS. The van der Waals surface area contributed by atoms with E-state index >= 15 is 0 Å². The molecule has 2 heterocycles. The van der Waals surface area contributed by atoms with Gasteiger partial charge in [0.05, 0.1) is 24.9 Å². The van der Waals surface area contributed by atoms with Crippen molar-refractivity contribution >= 4 is 11.8 Å². The SMILES string of the molecule is CC1SCC(N2CCOCC2)=C1C#N. The summed E-state index contributed by atoms with van der Waals surface area (Å²) in [6, 6.07) is 2.34. The number of nitrogens with zero attached hydrogens (tertiary/aromatic N) is 2. The van der Waals surface area contributed by atoms with E-state index in [-0.39, 0.29) is 0 Å². The standard InChI is InChI=1S/C10H14N2OS/c1-8-9(6-11)10(7-14-8)12-2-4-13-5-3-12/h8H,2-5,7H2,1H3. The van der Waals surface area contributed by atoms with E-state index in [9.17, 15) is 0 Å². The Bertz CT molecular complexity index is 289. The van der Waals surface area contributed by atoms with E-state index in [1.165, 1.54) is 5.70 Å². The van der Waals surface area contributed by atoms with Crippen LogP contribution in [0.1, 0.15) is 6.92 Å². The quantitative estimate of drug-likeness (QED) is 0.652. The van der Waals surface area contributed by atoms with Gasteiger partial charge in [0.1, 0.15) is 0 Å². The number of nitriles is 1. The number of hydrogen-bond acceptors (Lipinski definition) is 4. The molecule has 2 aliphatic heterocycles. The lowest BCUT2D eigenvalue weighted by Gasteiger charge is -2.29. The zero-order chi connectivity index (χ0) is 9.97. The fourth-order valence-corrected chi connectivity index (χ4v) is 2.95. The Morgan fingerprint density at radius 3 is 2.86 bits per heavy atom. The fraction of sp³-hybridized carbons (Fsp3) is 0.700. The second kappa shape index (κ2) is 4.24. The monoisotopic (exact) mass is 210 g/mol. The number of ether oxygens (including phenoxy) is 1. The predicted molar refractivity (Wildman–Crippen MR) is 57.0 cm³/mol. The largest absolute Gasteiger partial charge is 0.378 e. The molecule has 1 atom stereocenters. The van der Waals surface area contributed by atoms with Crippen LogP contribution in [0.15, 0.2) is 11.3 Å². The zero-order valence-electron chi connectivity index (χ0n) is 8.32. The maximum Gasteiger partial charge on any atom is 0.0977 e. The van der Waals surface area contributed by atoms with Gasteiger partial charge in [-0.15, -0.1) is 11.8 Å². The molecule has 2 aliphatic rings. The van der Waals surface area contributed by atoms with Gasteiger partial charge in [-0.05, 0) is 6.92 Å². The van der Waals surface area contributed by atoms with Gasteiger partial charge < -0.3 is 9.64 Å². The van der Waals surface area contributed by atoms with E-state index in [0.717, 1.165) is 37.6 Å². The van der Waals surface area contributed by atoms with Crippen LogP contribution in [0.5, 0.6) is 0 Å². The number of thioether (sulfide) groups is 1. The van der Waals surface area contributed by atoms with Crippen LogP contribution in [0.2, 0.25) is 0 Å². The molecule has 1 unspecified atom stereocenters. The van der Waals surface area contributed by atoms with Crippen molar-refractivity contribution in [2.45, 2.75) is 12.2 Å². The molecular weight excluding hydrogens is 196 g/mol. The minimum Gasteiger partial charge on any atom is -0.378 e. The average molecular weight is 210 g/mol. The average Bonchev–Trinajstić information content (AvgIpc) is 2.61. The summed E-state index contributed by atoms with van der Waals surface area (Å²) in [5.41, 5.74) is 2.21. The molecule has 0 aromatic heterocycles. The minimum atomic E-state index is 0.373. The first kappa shape index (κ1) is 9.88. The van der Waals surface area contributed by atoms with Gasteiger partial charge in [-0.2, -0.15) is 5.26 Å². The Labute approximate surface area is 88.7 Å². The zero-order valence-corrected chi connectivity index (χ0v) is 9.14. The van der Waals surface area contributed by atoms with Crippen LogP contribution in [0, 0.1) is 11.3 Å². The Morgan fingerprint density at radius 2 is 2.21 bits per heavy atom. The van der Waals surface area contributed by atoms with Gasteiger partial charge in [-0.25, -0.2) is 0 Å². The summed E-state index contributed by atoms with van der Waals surface area (Å²) in [6.07, 6.45) is 0. The molecule has 0 saturated carbocycles. The molecule has 0 N–H and O–H groups in total. The number of morpholine rings is 1. The van der Waals surface area contributed by atoms with Crippen LogP contribution < -0.4 is 0 Å². The highest BCUT2D eigenvalue weighted by atomic mass is 32.2. The van der Waals surface area contributed by atoms with Crippen molar-refractivity contribution in [1.29, 1.82) is 5.26 Å². The topological polar surface area (TPSA) is 36.3 Å². The Hall–Kier alpha value is -0.660. The molecule has 4 heteroatoms. The van der Waals surface area contributed by atoms with Gasteiger partial charge in [-0.1, -0.05) is 0 Å². The van der Waals surface area contributed by atoms with Crippen LogP contribution in [-0.2, 0) is 4.74 Å². The molecule has 2 rings (SSSR count). The lowest BCUT2D eigenvalue weighted by Crippen LogP contribution is -2.36. The molecule has 0 spiro atoms. The molecule has 1 fully saturated rings. The van der Waals surface area contributed by atoms with Crippen LogP contribution >= 0.6 is 11.8 Å². The summed E-state index contributed by atoms with van der Waals surface area (Å²) in [5, 5.41) is 9.43. The van der Waals surface area contributed by atoms with Crippen LogP contribution in [-0.4, -0.2) is 42.2 Å². The molecule has 3 nitrogen and oxygen atoms in total. The molecule has 0 aromatic carbocycles. The van der Waals surface area contributed by atoms with E-state index in [4.69, 9.17) is 10.00 Å². The van der Waals surface area contributed by atoms with Gasteiger partial charge in [0.2, 0.25) is 0 Å². The molecule has 0 bridgehead atoms. The highest BCUT2D eigenvalue weighted by Crippen LogP contribution is 2.33. The van der Waals surface area contributed by atoms with E-state index in [1.54, 1.807) is 0 Å². The summed E-state index contributed by atoms with van der Waals surface area (Å²) in [7, 11) is 0. The third kappa shape index (κ3) is 1.75. The van der Waals surface area contributed by atoms with Crippen molar-refractivity contribution in [3.8, 4) is 6.07 Å². The van der Waals surface area contributed by atoms with E-state index < -0.39 is 0 Å². The summed E-state index contributed by atoms with van der Waals surface area (Å²) in [4.78, 5) is 2.30.